The first-order valence-corrected chi connectivity index (χ1v) is 9.81. The Hall–Kier alpha value is -2.50. The molecule has 146 valence electrons. The number of halogens is 2. The molecule has 1 heterocycles. The van der Waals surface area contributed by atoms with Crippen molar-refractivity contribution in [3.8, 4) is 11.4 Å². The largest absolute Gasteiger partial charge is 0.492 e. The molecule has 0 aliphatic carbocycles. The first-order valence-electron chi connectivity index (χ1n) is 9.05. The number of ether oxygens (including phenoxy) is 1. The average Bonchev–Trinajstić information content (AvgIpc) is 3.16. The van der Waals surface area contributed by atoms with Crippen LogP contribution in [0.3, 0.4) is 0 Å². The zero-order valence-electron chi connectivity index (χ0n) is 15.3. The van der Waals surface area contributed by atoms with Gasteiger partial charge in [0, 0.05) is 24.2 Å². The van der Waals surface area contributed by atoms with E-state index in [9.17, 15) is 4.79 Å². The van der Waals surface area contributed by atoms with Gasteiger partial charge in [-0.2, -0.15) is 5.10 Å². The molecule has 0 saturated heterocycles. The van der Waals surface area contributed by atoms with Crippen molar-refractivity contribution in [2.45, 2.75) is 19.3 Å². The maximum atomic E-state index is 12.0. The van der Waals surface area contributed by atoms with Gasteiger partial charge in [-0.3, -0.25) is 4.79 Å². The third kappa shape index (κ3) is 6.01. The van der Waals surface area contributed by atoms with Gasteiger partial charge in [0.2, 0.25) is 5.91 Å². The van der Waals surface area contributed by atoms with Gasteiger partial charge in [0.15, 0.2) is 0 Å². The second-order valence-electron chi connectivity index (χ2n) is 6.26. The minimum atomic E-state index is 0.00116. The highest BCUT2D eigenvalue weighted by molar-refractivity contribution is 6.35. The van der Waals surface area contributed by atoms with Crippen LogP contribution in [0.25, 0.3) is 5.69 Å². The van der Waals surface area contributed by atoms with E-state index >= 15 is 0 Å². The number of aromatic nitrogens is 2. The van der Waals surface area contributed by atoms with Gasteiger partial charge in [0.05, 0.1) is 23.5 Å². The lowest BCUT2D eigenvalue weighted by Crippen LogP contribution is -2.25. The van der Waals surface area contributed by atoms with E-state index in [-0.39, 0.29) is 5.91 Å². The van der Waals surface area contributed by atoms with Crippen molar-refractivity contribution < 1.29 is 9.53 Å². The first kappa shape index (κ1) is 20.2. The van der Waals surface area contributed by atoms with E-state index in [0.29, 0.717) is 41.8 Å². The standard InChI is InChI=1S/C21H21Cl2N3O2/c22-17-8-9-20(19(23)13-17)28-12-4-7-21(27)24-11-10-16-14-25-26(15-16)18-5-2-1-3-6-18/h1-3,5-6,8-9,13-15H,4,7,10-12H2,(H,24,27). The minimum absolute atomic E-state index is 0.00116. The van der Waals surface area contributed by atoms with Gasteiger partial charge in [-0.15, -0.1) is 0 Å². The van der Waals surface area contributed by atoms with E-state index in [1.165, 1.54) is 0 Å². The Kier molecular flexibility index (Phi) is 7.34. The fourth-order valence-electron chi connectivity index (χ4n) is 2.65. The molecule has 3 aromatic rings. The number of para-hydroxylation sites is 1. The van der Waals surface area contributed by atoms with Gasteiger partial charge in [-0.05, 0) is 48.7 Å². The fraction of sp³-hybridized carbons (Fsp3) is 0.238. The second-order valence-corrected chi connectivity index (χ2v) is 7.10. The van der Waals surface area contributed by atoms with Crippen molar-refractivity contribution in [1.82, 2.24) is 15.1 Å². The maximum absolute atomic E-state index is 12.0. The Morgan fingerprint density at radius 3 is 2.75 bits per heavy atom. The zero-order valence-corrected chi connectivity index (χ0v) is 16.8. The monoisotopic (exact) mass is 417 g/mol. The molecule has 0 aliphatic rings. The second kappa shape index (κ2) is 10.2. The smallest absolute Gasteiger partial charge is 0.220 e. The Balaban J connectivity index is 1.33. The summed E-state index contributed by atoms with van der Waals surface area (Å²) < 4.78 is 7.41. The van der Waals surface area contributed by atoms with Gasteiger partial charge < -0.3 is 10.1 Å². The molecular weight excluding hydrogens is 397 g/mol. The highest BCUT2D eigenvalue weighted by Crippen LogP contribution is 2.27. The zero-order chi connectivity index (χ0) is 19.8. The molecule has 0 spiro atoms. The Morgan fingerprint density at radius 1 is 1.14 bits per heavy atom. The molecular formula is C21H21Cl2N3O2. The van der Waals surface area contributed by atoms with Crippen LogP contribution in [-0.2, 0) is 11.2 Å². The van der Waals surface area contributed by atoms with Gasteiger partial charge in [0.25, 0.3) is 0 Å². The maximum Gasteiger partial charge on any atom is 0.220 e. The summed E-state index contributed by atoms with van der Waals surface area (Å²) in [6.07, 6.45) is 5.54. The quantitative estimate of drug-likeness (QED) is 0.513. The number of hydrogen-bond acceptors (Lipinski definition) is 3. The molecule has 0 bridgehead atoms. The third-order valence-electron chi connectivity index (χ3n) is 4.09. The molecule has 5 nitrogen and oxygen atoms in total. The van der Waals surface area contributed by atoms with Crippen LogP contribution in [0.2, 0.25) is 10.0 Å². The van der Waals surface area contributed by atoms with Crippen molar-refractivity contribution in [3.63, 3.8) is 0 Å². The number of nitrogens with one attached hydrogen (secondary N) is 1. The molecule has 28 heavy (non-hydrogen) atoms. The van der Waals surface area contributed by atoms with Crippen molar-refractivity contribution in [3.05, 3.63) is 76.5 Å². The molecule has 0 aliphatic heterocycles. The Morgan fingerprint density at radius 2 is 1.96 bits per heavy atom. The van der Waals surface area contributed by atoms with Crippen LogP contribution in [-0.4, -0.2) is 28.8 Å². The summed E-state index contributed by atoms with van der Waals surface area (Å²) in [7, 11) is 0. The summed E-state index contributed by atoms with van der Waals surface area (Å²) in [5.41, 5.74) is 2.09. The van der Waals surface area contributed by atoms with E-state index < -0.39 is 0 Å². The average molecular weight is 418 g/mol. The van der Waals surface area contributed by atoms with Crippen molar-refractivity contribution in [1.29, 1.82) is 0 Å². The lowest BCUT2D eigenvalue weighted by molar-refractivity contribution is -0.121. The van der Waals surface area contributed by atoms with E-state index in [1.807, 2.05) is 47.4 Å². The SMILES string of the molecule is O=C(CCCOc1ccc(Cl)cc1Cl)NCCc1cnn(-c2ccccc2)c1. The third-order valence-corrected chi connectivity index (χ3v) is 4.62. The summed E-state index contributed by atoms with van der Waals surface area (Å²) in [4.78, 5) is 12.0. The van der Waals surface area contributed by atoms with Crippen LogP contribution >= 0.6 is 23.2 Å². The summed E-state index contributed by atoms with van der Waals surface area (Å²) in [5, 5.41) is 8.30. The number of hydrogen-bond donors (Lipinski definition) is 1. The van der Waals surface area contributed by atoms with Crippen LogP contribution in [0.4, 0.5) is 0 Å². The molecule has 1 aromatic heterocycles. The number of benzene rings is 2. The number of carbonyl (C=O) groups is 1. The fourth-order valence-corrected chi connectivity index (χ4v) is 3.12. The minimum Gasteiger partial charge on any atom is -0.492 e. The number of amides is 1. The Labute approximate surface area is 174 Å². The summed E-state index contributed by atoms with van der Waals surface area (Å²) in [5.74, 6) is 0.572. The molecule has 0 atom stereocenters. The summed E-state index contributed by atoms with van der Waals surface area (Å²) in [6.45, 7) is 0.988. The number of rotatable bonds is 9. The molecule has 1 N–H and O–H groups in total. The van der Waals surface area contributed by atoms with Crippen LogP contribution in [0, 0.1) is 0 Å². The summed E-state index contributed by atoms with van der Waals surface area (Å²) >= 11 is 11.9. The molecule has 1 amide bonds. The van der Waals surface area contributed by atoms with E-state index in [0.717, 1.165) is 17.7 Å². The highest BCUT2D eigenvalue weighted by atomic mass is 35.5. The first-order chi connectivity index (χ1) is 13.6. The molecule has 2 aromatic carbocycles. The normalized spacial score (nSPS) is 10.6. The topological polar surface area (TPSA) is 56.1 Å². The predicted molar refractivity (Wildman–Crippen MR) is 111 cm³/mol. The number of carbonyl (C=O) groups excluding carboxylic acids is 1. The van der Waals surface area contributed by atoms with E-state index in [1.54, 1.807) is 18.2 Å². The lowest BCUT2D eigenvalue weighted by atomic mass is 10.2. The molecule has 0 unspecified atom stereocenters. The van der Waals surface area contributed by atoms with Crippen LogP contribution in [0.5, 0.6) is 5.75 Å². The van der Waals surface area contributed by atoms with Crippen LogP contribution in [0.1, 0.15) is 18.4 Å². The van der Waals surface area contributed by atoms with Gasteiger partial charge >= 0.3 is 0 Å². The predicted octanol–water partition coefficient (Wildman–Crippen LogP) is 4.70. The number of nitrogens with zero attached hydrogens (tertiary/aromatic N) is 2. The van der Waals surface area contributed by atoms with E-state index in [4.69, 9.17) is 27.9 Å². The van der Waals surface area contributed by atoms with Gasteiger partial charge in [-0.25, -0.2) is 4.68 Å². The molecule has 3 rings (SSSR count). The molecule has 0 saturated carbocycles. The van der Waals surface area contributed by atoms with Crippen LogP contribution < -0.4 is 10.1 Å². The molecule has 0 radical (unpaired) electrons. The Bertz CT molecular complexity index is 913. The highest BCUT2D eigenvalue weighted by Gasteiger charge is 2.05. The molecule has 7 heteroatoms. The van der Waals surface area contributed by atoms with Crippen molar-refractivity contribution in [2.75, 3.05) is 13.2 Å². The van der Waals surface area contributed by atoms with Crippen molar-refractivity contribution in [2.24, 2.45) is 0 Å². The van der Waals surface area contributed by atoms with Crippen molar-refractivity contribution >= 4 is 29.1 Å². The van der Waals surface area contributed by atoms with Gasteiger partial charge in [0.1, 0.15) is 5.75 Å². The molecule has 0 fully saturated rings. The summed E-state index contributed by atoms with van der Waals surface area (Å²) in [6, 6.07) is 15.0. The lowest BCUT2D eigenvalue weighted by Gasteiger charge is -2.08. The van der Waals surface area contributed by atoms with Crippen LogP contribution in [0.15, 0.2) is 60.9 Å². The van der Waals surface area contributed by atoms with Gasteiger partial charge in [-0.1, -0.05) is 41.4 Å². The van der Waals surface area contributed by atoms with E-state index in [2.05, 4.69) is 10.4 Å².